The van der Waals surface area contributed by atoms with E-state index in [2.05, 4.69) is 0 Å². The lowest BCUT2D eigenvalue weighted by atomic mass is 10.1. The molecule has 0 atom stereocenters. The standard InChI is InChI=1S/C12H11N3O2/c1-7-3-4-10(17-7)8-5-11(14)15(2)12(16)9(8)6-13/h3-5H,14H2,1-2H3. The van der Waals surface area contributed by atoms with E-state index in [1.165, 1.54) is 11.6 Å². The first-order valence-corrected chi connectivity index (χ1v) is 5.01. The predicted octanol–water partition coefficient (Wildman–Crippen LogP) is 1.41. The smallest absolute Gasteiger partial charge is 0.270 e. The third kappa shape index (κ3) is 1.70. The van der Waals surface area contributed by atoms with Crippen molar-refractivity contribution in [1.82, 2.24) is 4.57 Å². The third-order valence-electron chi connectivity index (χ3n) is 2.58. The minimum absolute atomic E-state index is 0.0380. The van der Waals surface area contributed by atoms with Crippen LogP contribution in [0.3, 0.4) is 0 Å². The molecule has 86 valence electrons. The molecular weight excluding hydrogens is 218 g/mol. The van der Waals surface area contributed by atoms with Gasteiger partial charge in [0.1, 0.15) is 29.0 Å². The van der Waals surface area contributed by atoms with E-state index in [0.29, 0.717) is 17.1 Å². The Bertz CT molecular complexity index is 674. The Morgan fingerprint density at radius 1 is 1.47 bits per heavy atom. The van der Waals surface area contributed by atoms with Crippen molar-refractivity contribution >= 4 is 5.82 Å². The van der Waals surface area contributed by atoms with E-state index in [1.807, 2.05) is 6.07 Å². The highest BCUT2D eigenvalue weighted by atomic mass is 16.3. The second-order valence-corrected chi connectivity index (χ2v) is 3.74. The molecule has 2 rings (SSSR count). The largest absolute Gasteiger partial charge is 0.461 e. The van der Waals surface area contributed by atoms with E-state index in [4.69, 9.17) is 15.4 Å². The van der Waals surface area contributed by atoms with Crippen molar-refractivity contribution < 1.29 is 4.42 Å². The van der Waals surface area contributed by atoms with Gasteiger partial charge in [-0.1, -0.05) is 0 Å². The maximum Gasteiger partial charge on any atom is 0.270 e. The average Bonchev–Trinajstić information content (AvgIpc) is 2.72. The Kier molecular flexibility index (Phi) is 2.48. The summed E-state index contributed by atoms with van der Waals surface area (Å²) in [5.74, 6) is 1.48. The van der Waals surface area contributed by atoms with Crippen molar-refractivity contribution in [1.29, 1.82) is 5.26 Å². The van der Waals surface area contributed by atoms with Crippen LogP contribution in [-0.2, 0) is 7.05 Å². The predicted molar refractivity (Wildman–Crippen MR) is 63.2 cm³/mol. The first-order chi connectivity index (χ1) is 8.04. The van der Waals surface area contributed by atoms with E-state index in [-0.39, 0.29) is 11.4 Å². The molecule has 0 aliphatic rings. The first-order valence-electron chi connectivity index (χ1n) is 5.01. The molecule has 2 N–H and O–H groups in total. The lowest BCUT2D eigenvalue weighted by Gasteiger charge is -2.06. The molecule has 0 amide bonds. The normalized spacial score (nSPS) is 10.2. The molecule has 17 heavy (non-hydrogen) atoms. The van der Waals surface area contributed by atoms with E-state index in [1.54, 1.807) is 25.1 Å². The topological polar surface area (TPSA) is 85.0 Å². The van der Waals surface area contributed by atoms with Gasteiger partial charge in [-0.15, -0.1) is 0 Å². The van der Waals surface area contributed by atoms with Crippen molar-refractivity contribution in [2.24, 2.45) is 7.05 Å². The number of aryl methyl sites for hydroxylation is 1. The van der Waals surface area contributed by atoms with Gasteiger partial charge in [-0.2, -0.15) is 5.26 Å². The molecule has 0 aromatic carbocycles. The van der Waals surface area contributed by atoms with E-state index >= 15 is 0 Å². The summed E-state index contributed by atoms with van der Waals surface area (Å²) in [7, 11) is 1.52. The fourth-order valence-corrected chi connectivity index (χ4v) is 1.60. The third-order valence-corrected chi connectivity index (χ3v) is 2.58. The number of hydrogen-bond donors (Lipinski definition) is 1. The lowest BCUT2D eigenvalue weighted by Crippen LogP contribution is -2.22. The van der Waals surface area contributed by atoms with Gasteiger partial charge in [0.25, 0.3) is 5.56 Å². The number of rotatable bonds is 1. The number of nitriles is 1. The van der Waals surface area contributed by atoms with Crippen LogP contribution < -0.4 is 11.3 Å². The summed E-state index contributed by atoms with van der Waals surface area (Å²) in [6.07, 6.45) is 0. The van der Waals surface area contributed by atoms with Crippen molar-refractivity contribution in [3.8, 4) is 17.4 Å². The fraction of sp³-hybridized carbons (Fsp3) is 0.167. The minimum atomic E-state index is -0.420. The number of anilines is 1. The quantitative estimate of drug-likeness (QED) is 0.801. The molecule has 5 nitrogen and oxygen atoms in total. The van der Waals surface area contributed by atoms with Crippen LogP contribution in [0.2, 0.25) is 0 Å². The van der Waals surface area contributed by atoms with Crippen LogP contribution in [0.5, 0.6) is 0 Å². The number of furan rings is 1. The number of nitrogens with two attached hydrogens (primary N) is 1. The summed E-state index contributed by atoms with van der Waals surface area (Å²) in [5, 5.41) is 9.04. The zero-order valence-electron chi connectivity index (χ0n) is 9.52. The summed E-state index contributed by atoms with van der Waals surface area (Å²) in [6, 6.07) is 6.94. The van der Waals surface area contributed by atoms with Crippen LogP contribution in [0.15, 0.2) is 27.4 Å². The summed E-state index contributed by atoms with van der Waals surface area (Å²) in [4.78, 5) is 11.8. The monoisotopic (exact) mass is 229 g/mol. The molecule has 0 bridgehead atoms. The molecule has 2 aromatic heterocycles. The van der Waals surface area contributed by atoms with Gasteiger partial charge < -0.3 is 10.2 Å². The van der Waals surface area contributed by atoms with E-state index in [9.17, 15) is 4.79 Å². The Balaban J connectivity index is 2.79. The molecule has 0 aliphatic heterocycles. The van der Waals surface area contributed by atoms with Crippen LogP contribution in [0.4, 0.5) is 5.82 Å². The van der Waals surface area contributed by atoms with Crippen molar-refractivity contribution in [3.05, 3.63) is 39.9 Å². The van der Waals surface area contributed by atoms with Gasteiger partial charge in [-0.3, -0.25) is 9.36 Å². The first kappa shape index (κ1) is 11.0. The molecule has 0 fully saturated rings. The molecule has 0 aliphatic carbocycles. The van der Waals surface area contributed by atoms with Gasteiger partial charge >= 0.3 is 0 Å². The zero-order valence-corrected chi connectivity index (χ0v) is 9.52. The summed E-state index contributed by atoms with van der Waals surface area (Å²) in [6.45, 7) is 1.79. The maximum absolute atomic E-state index is 11.8. The van der Waals surface area contributed by atoms with Gasteiger partial charge in [0.2, 0.25) is 0 Å². The van der Waals surface area contributed by atoms with Crippen LogP contribution >= 0.6 is 0 Å². The van der Waals surface area contributed by atoms with Gasteiger partial charge in [-0.05, 0) is 25.1 Å². The van der Waals surface area contributed by atoms with Crippen molar-refractivity contribution in [2.45, 2.75) is 6.92 Å². The Morgan fingerprint density at radius 2 is 2.18 bits per heavy atom. The molecular formula is C12H11N3O2. The van der Waals surface area contributed by atoms with Crippen LogP contribution in [0.1, 0.15) is 11.3 Å². The number of nitrogens with zero attached hydrogens (tertiary/aromatic N) is 2. The SMILES string of the molecule is Cc1ccc(-c2cc(N)n(C)c(=O)c2C#N)o1. The number of hydrogen-bond acceptors (Lipinski definition) is 4. The molecule has 0 saturated heterocycles. The Morgan fingerprint density at radius 3 is 2.71 bits per heavy atom. The summed E-state index contributed by atoms with van der Waals surface area (Å²) < 4.78 is 6.64. The highest BCUT2D eigenvalue weighted by Crippen LogP contribution is 2.25. The van der Waals surface area contributed by atoms with Crippen LogP contribution in [-0.4, -0.2) is 4.57 Å². The number of nitrogen functional groups attached to an aromatic ring is 1. The molecule has 2 heterocycles. The number of pyridine rings is 1. The van der Waals surface area contributed by atoms with Gasteiger partial charge in [0, 0.05) is 12.6 Å². The molecule has 2 aromatic rings. The lowest BCUT2D eigenvalue weighted by molar-refractivity contribution is 0.548. The highest BCUT2D eigenvalue weighted by molar-refractivity contribution is 5.68. The number of aromatic nitrogens is 1. The molecule has 0 unspecified atom stereocenters. The van der Waals surface area contributed by atoms with E-state index in [0.717, 1.165) is 0 Å². The van der Waals surface area contributed by atoms with E-state index < -0.39 is 5.56 Å². The van der Waals surface area contributed by atoms with Gasteiger partial charge in [0.05, 0.1) is 0 Å². The molecule has 5 heteroatoms. The second-order valence-electron chi connectivity index (χ2n) is 3.74. The molecule has 0 saturated carbocycles. The Labute approximate surface area is 97.7 Å². The van der Waals surface area contributed by atoms with Crippen molar-refractivity contribution in [3.63, 3.8) is 0 Å². The minimum Gasteiger partial charge on any atom is -0.461 e. The van der Waals surface area contributed by atoms with Crippen LogP contribution in [0, 0.1) is 18.3 Å². The highest BCUT2D eigenvalue weighted by Gasteiger charge is 2.15. The van der Waals surface area contributed by atoms with Crippen LogP contribution in [0.25, 0.3) is 11.3 Å². The summed E-state index contributed by atoms with van der Waals surface area (Å²) in [5.41, 5.74) is 5.75. The molecule has 0 radical (unpaired) electrons. The average molecular weight is 229 g/mol. The second kappa shape index (κ2) is 3.83. The maximum atomic E-state index is 11.8. The summed E-state index contributed by atoms with van der Waals surface area (Å²) >= 11 is 0. The zero-order chi connectivity index (χ0) is 12.6. The Hall–Kier alpha value is -2.48. The molecule has 0 spiro atoms. The van der Waals surface area contributed by atoms with Gasteiger partial charge in [-0.25, -0.2) is 0 Å². The van der Waals surface area contributed by atoms with Crippen molar-refractivity contribution in [2.75, 3.05) is 5.73 Å². The van der Waals surface area contributed by atoms with Gasteiger partial charge in [0.15, 0.2) is 0 Å². The fourth-order valence-electron chi connectivity index (χ4n) is 1.60.